The summed E-state index contributed by atoms with van der Waals surface area (Å²) < 4.78 is 6.42. The Labute approximate surface area is 217 Å². The first kappa shape index (κ1) is 25.3. The van der Waals surface area contributed by atoms with Crippen LogP contribution in [0.5, 0.6) is 0 Å². The summed E-state index contributed by atoms with van der Waals surface area (Å²) in [6.45, 7) is 8.26. The molecule has 8 heteroatoms. The molecule has 1 spiro atoms. The van der Waals surface area contributed by atoms with Crippen LogP contribution < -0.4 is 10.6 Å². The highest BCUT2D eigenvalue weighted by Crippen LogP contribution is 2.55. The standard InChI is InChI=1S/C28H37N3O4S/c1-15(2)31-24(26(33)30-20-11-6-8-16(3)17(20)4)28-13-12-21(35-28)22(23(28)27(31)34)25(32)29-18-9-7-10-19(14-18)36-5/h7,9-10,12-17,20-24H,6,8,11H2,1-5H3,(H,29,32)(H,30,33)/t16-,17-,20-,21-,22+,23-,24-,28-/m1/s1. The van der Waals surface area contributed by atoms with Crippen molar-refractivity contribution in [2.24, 2.45) is 23.7 Å². The van der Waals surface area contributed by atoms with E-state index in [1.807, 2.05) is 56.5 Å². The van der Waals surface area contributed by atoms with Crippen LogP contribution in [0.2, 0.25) is 0 Å². The van der Waals surface area contributed by atoms with Gasteiger partial charge in [0.25, 0.3) is 0 Å². The van der Waals surface area contributed by atoms with E-state index in [4.69, 9.17) is 4.74 Å². The molecule has 36 heavy (non-hydrogen) atoms. The number of benzene rings is 1. The molecule has 3 amide bonds. The van der Waals surface area contributed by atoms with Crippen molar-refractivity contribution < 1.29 is 19.1 Å². The smallest absolute Gasteiger partial charge is 0.246 e. The van der Waals surface area contributed by atoms with Crippen molar-refractivity contribution in [3.8, 4) is 0 Å². The molecule has 194 valence electrons. The molecule has 3 fully saturated rings. The summed E-state index contributed by atoms with van der Waals surface area (Å²) in [4.78, 5) is 43.9. The van der Waals surface area contributed by atoms with E-state index in [1.165, 1.54) is 6.42 Å². The van der Waals surface area contributed by atoms with Gasteiger partial charge in [-0.2, -0.15) is 0 Å². The monoisotopic (exact) mass is 511 g/mol. The molecule has 1 aromatic rings. The Morgan fingerprint density at radius 1 is 1.19 bits per heavy atom. The number of rotatable bonds is 6. The molecule has 1 aromatic carbocycles. The van der Waals surface area contributed by atoms with E-state index in [0.717, 1.165) is 17.7 Å². The Bertz CT molecular complexity index is 1090. The highest BCUT2D eigenvalue weighted by atomic mass is 32.2. The number of fused-ring (bicyclic) bond motifs is 1. The minimum atomic E-state index is -1.12. The second-order valence-corrected chi connectivity index (χ2v) is 12.0. The number of amides is 3. The summed E-state index contributed by atoms with van der Waals surface area (Å²) in [5, 5.41) is 6.28. The summed E-state index contributed by atoms with van der Waals surface area (Å²) >= 11 is 1.60. The second-order valence-electron chi connectivity index (χ2n) is 11.1. The van der Waals surface area contributed by atoms with Crippen LogP contribution in [0.3, 0.4) is 0 Å². The van der Waals surface area contributed by atoms with Gasteiger partial charge in [-0.05, 0) is 56.6 Å². The van der Waals surface area contributed by atoms with Crippen LogP contribution in [0.15, 0.2) is 41.3 Å². The molecule has 8 atom stereocenters. The average molecular weight is 512 g/mol. The van der Waals surface area contributed by atoms with Gasteiger partial charge in [0.2, 0.25) is 17.7 Å². The van der Waals surface area contributed by atoms with Crippen molar-refractivity contribution in [3.63, 3.8) is 0 Å². The Morgan fingerprint density at radius 2 is 1.97 bits per heavy atom. The summed E-state index contributed by atoms with van der Waals surface area (Å²) in [5.74, 6) is -1.11. The number of nitrogens with one attached hydrogen (secondary N) is 2. The molecule has 2 bridgehead atoms. The van der Waals surface area contributed by atoms with Crippen LogP contribution in [0, 0.1) is 23.7 Å². The van der Waals surface area contributed by atoms with E-state index in [0.29, 0.717) is 17.5 Å². The number of hydrogen-bond donors (Lipinski definition) is 2. The van der Waals surface area contributed by atoms with E-state index >= 15 is 0 Å². The number of likely N-dealkylation sites (tertiary alicyclic amines) is 1. The maximum atomic E-state index is 13.9. The van der Waals surface area contributed by atoms with Gasteiger partial charge in [-0.3, -0.25) is 14.4 Å². The fourth-order valence-electron chi connectivity index (χ4n) is 6.74. The van der Waals surface area contributed by atoms with Crippen LogP contribution in [-0.4, -0.2) is 58.7 Å². The quantitative estimate of drug-likeness (QED) is 0.448. The lowest BCUT2D eigenvalue weighted by molar-refractivity contribution is -0.143. The zero-order valence-electron chi connectivity index (χ0n) is 21.7. The number of nitrogens with zero attached hydrogens (tertiary/aromatic N) is 1. The Morgan fingerprint density at radius 3 is 2.69 bits per heavy atom. The molecule has 1 aliphatic carbocycles. The molecule has 2 saturated heterocycles. The van der Waals surface area contributed by atoms with Crippen molar-refractivity contribution in [3.05, 3.63) is 36.4 Å². The third-order valence-electron chi connectivity index (χ3n) is 8.79. The Kier molecular flexibility index (Phi) is 6.70. The lowest BCUT2D eigenvalue weighted by Crippen LogP contribution is -2.58. The minimum Gasteiger partial charge on any atom is -0.359 e. The summed E-state index contributed by atoms with van der Waals surface area (Å²) in [5.41, 5.74) is -0.434. The largest absolute Gasteiger partial charge is 0.359 e. The van der Waals surface area contributed by atoms with Gasteiger partial charge < -0.3 is 20.3 Å². The SMILES string of the molecule is CSc1cccc(NC(=O)[C@H]2[C@H]3C=C[C@@]4(O3)[C@H]2C(=O)N(C(C)C)[C@@H]4C(=O)N[C@@H]2CCC[C@@H](C)[C@H]2C)c1. The lowest BCUT2D eigenvalue weighted by Gasteiger charge is -2.38. The number of anilines is 1. The minimum absolute atomic E-state index is 0.0752. The zero-order valence-corrected chi connectivity index (χ0v) is 22.5. The molecule has 0 aromatic heterocycles. The highest BCUT2D eigenvalue weighted by Gasteiger charge is 2.73. The first-order chi connectivity index (χ1) is 17.2. The summed E-state index contributed by atoms with van der Waals surface area (Å²) in [6, 6.07) is 6.72. The second kappa shape index (κ2) is 9.53. The zero-order chi connectivity index (χ0) is 25.8. The Hall–Kier alpha value is -2.32. The molecular formula is C28H37N3O4S. The fraction of sp³-hybridized carbons (Fsp3) is 0.607. The van der Waals surface area contributed by atoms with Crippen LogP contribution >= 0.6 is 11.8 Å². The summed E-state index contributed by atoms with van der Waals surface area (Å²) in [7, 11) is 0. The molecule has 1 saturated carbocycles. The van der Waals surface area contributed by atoms with Crippen LogP contribution in [0.4, 0.5) is 5.69 Å². The summed E-state index contributed by atoms with van der Waals surface area (Å²) in [6.07, 6.45) is 8.39. The van der Waals surface area contributed by atoms with Crippen molar-refractivity contribution in [2.45, 2.75) is 81.7 Å². The molecule has 7 nitrogen and oxygen atoms in total. The molecule has 0 unspecified atom stereocenters. The molecule has 0 radical (unpaired) electrons. The lowest BCUT2D eigenvalue weighted by atomic mass is 9.73. The molecule has 3 aliphatic heterocycles. The predicted molar refractivity (Wildman–Crippen MR) is 140 cm³/mol. The van der Waals surface area contributed by atoms with Gasteiger partial charge in [0.1, 0.15) is 11.6 Å². The highest BCUT2D eigenvalue weighted by molar-refractivity contribution is 7.98. The van der Waals surface area contributed by atoms with Crippen molar-refractivity contribution >= 4 is 35.2 Å². The van der Waals surface area contributed by atoms with E-state index in [2.05, 4.69) is 24.5 Å². The van der Waals surface area contributed by atoms with E-state index in [-0.39, 0.29) is 29.8 Å². The number of carbonyl (C=O) groups is 3. The number of carbonyl (C=O) groups excluding carboxylic acids is 3. The molecule has 5 rings (SSSR count). The maximum absolute atomic E-state index is 13.9. The molecular weight excluding hydrogens is 474 g/mol. The average Bonchev–Trinajstić information content (AvgIpc) is 3.49. The van der Waals surface area contributed by atoms with E-state index < -0.39 is 29.6 Å². The number of ether oxygens (including phenoxy) is 1. The van der Waals surface area contributed by atoms with Gasteiger partial charge in [-0.1, -0.05) is 44.9 Å². The molecule has 4 aliphatic rings. The van der Waals surface area contributed by atoms with Crippen molar-refractivity contribution in [1.82, 2.24) is 10.2 Å². The third kappa shape index (κ3) is 3.97. The molecule has 3 heterocycles. The van der Waals surface area contributed by atoms with Gasteiger partial charge >= 0.3 is 0 Å². The number of thioether (sulfide) groups is 1. The van der Waals surface area contributed by atoms with Gasteiger partial charge in [0.15, 0.2) is 0 Å². The third-order valence-corrected chi connectivity index (χ3v) is 9.52. The van der Waals surface area contributed by atoms with Gasteiger partial charge in [0.05, 0.1) is 17.9 Å². The van der Waals surface area contributed by atoms with E-state index in [1.54, 1.807) is 16.7 Å². The van der Waals surface area contributed by atoms with E-state index in [9.17, 15) is 14.4 Å². The van der Waals surface area contributed by atoms with Crippen molar-refractivity contribution in [2.75, 3.05) is 11.6 Å². The maximum Gasteiger partial charge on any atom is 0.246 e. The normalized spacial score (nSPS) is 36.9. The van der Waals surface area contributed by atoms with Crippen LogP contribution in [0.1, 0.15) is 47.0 Å². The predicted octanol–water partition coefficient (Wildman–Crippen LogP) is 3.85. The molecule has 2 N–H and O–H groups in total. The number of hydrogen-bond acceptors (Lipinski definition) is 5. The topological polar surface area (TPSA) is 87.7 Å². The van der Waals surface area contributed by atoms with Gasteiger partial charge in [0, 0.05) is 22.7 Å². The fourth-order valence-corrected chi connectivity index (χ4v) is 7.19. The van der Waals surface area contributed by atoms with Crippen LogP contribution in [0.25, 0.3) is 0 Å². The Balaban J connectivity index is 1.43. The van der Waals surface area contributed by atoms with Crippen LogP contribution in [-0.2, 0) is 19.1 Å². The first-order valence-corrected chi connectivity index (χ1v) is 14.3. The van der Waals surface area contributed by atoms with Gasteiger partial charge in [-0.15, -0.1) is 11.8 Å². The first-order valence-electron chi connectivity index (χ1n) is 13.1. The van der Waals surface area contributed by atoms with Crippen molar-refractivity contribution in [1.29, 1.82) is 0 Å². The van der Waals surface area contributed by atoms with Gasteiger partial charge in [-0.25, -0.2) is 0 Å².